The molecule has 10 heteroatoms. The van der Waals surface area contributed by atoms with Crippen LogP contribution in [0.4, 0.5) is 19.0 Å². The zero-order chi connectivity index (χ0) is 23.6. The molecule has 3 aromatic heterocycles. The van der Waals surface area contributed by atoms with Crippen molar-refractivity contribution >= 4 is 16.9 Å². The Balaban J connectivity index is 1.32. The third-order valence-electron chi connectivity index (χ3n) is 7.37. The van der Waals surface area contributed by atoms with E-state index in [1.54, 1.807) is 0 Å². The van der Waals surface area contributed by atoms with E-state index in [1.807, 2.05) is 30.8 Å². The van der Waals surface area contributed by atoms with Crippen LogP contribution in [0.5, 0.6) is 0 Å². The quantitative estimate of drug-likeness (QED) is 0.543. The topological polar surface area (TPSA) is 69.0 Å². The lowest BCUT2D eigenvalue weighted by Crippen LogP contribution is -2.39. The number of morpholine rings is 1. The van der Waals surface area contributed by atoms with Crippen molar-refractivity contribution in [3.63, 3.8) is 0 Å². The van der Waals surface area contributed by atoms with Crippen LogP contribution in [0.1, 0.15) is 66.4 Å². The Bertz CT molecular complexity index is 1230. The van der Waals surface area contributed by atoms with Gasteiger partial charge in [0.05, 0.1) is 47.4 Å². The van der Waals surface area contributed by atoms with E-state index >= 15 is 0 Å². The first kappa shape index (κ1) is 21.8. The van der Waals surface area contributed by atoms with Crippen LogP contribution in [-0.2, 0) is 4.74 Å². The Labute approximate surface area is 195 Å². The van der Waals surface area contributed by atoms with Gasteiger partial charge < -0.3 is 9.64 Å². The summed E-state index contributed by atoms with van der Waals surface area (Å²) < 4.78 is 47.6. The first-order valence-electron chi connectivity index (χ1n) is 11.9. The number of ether oxygens (including phenoxy) is 1. The molecular weight excluding hydrogens is 445 g/mol. The van der Waals surface area contributed by atoms with E-state index in [0.29, 0.717) is 42.5 Å². The molecule has 3 fully saturated rings. The van der Waals surface area contributed by atoms with Gasteiger partial charge in [0.2, 0.25) is 0 Å². The summed E-state index contributed by atoms with van der Waals surface area (Å²) in [6.07, 6.45) is 2.07. The van der Waals surface area contributed by atoms with Crippen LogP contribution in [0.15, 0.2) is 18.5 Å². The average molecular weight is 473 g/mol. The number of alkyl halides is 3. The molecule has 3 aliphatic rings. The lowest BCUT2D eigenvalue weighted by Gasteiger charge is -2.37. The van der Waals surface area contributed by atoms with E-state index < -0.39 is 12.1 Å². The van der Waals surface area contributed by atoms with E-state index in [-0.39, 0.29) is 24.9 Å². The Kier molecular flexibility index (Phi) is 5.05. The molecule has 0 aromatic carbocycles. The standard InChI is InChI=1S/C24H27F3N6O/c1-13-14(2)30-23-19(29-13)9-21(31-22(23)15-7-17(8-15)24(25,26)27)32-5-6-34-20(12-32)16-10-28-33(11-16)18-3-4-18/h9-11,15,17-18,20H,3-8,12H2,1-2H3. The summed E-state index contributed by atoms with van der Waals surface area (Å²) in [5.41, 5.74) is 4.55. The number of aryl methyl sites for hydroxylation is 2. The summed E-state index contributed by atoms with van der Waals surface area (Å²) in [5.74, 6) is -0.814. The second-order valence-corrected chi connectivity index (χ2v) is 9.83. The lowest BCUT2D eigenvalue weighted by molar-refractivity contribution is -0.197. The normalized spacial score (nSPS) is 25.6. The van der Waals surface area contributed by atoms with Crippen LogP contribution in [0.3, 0.4) is 0 Å². The molecule has 180 valence electrons. The van der Waals surface area contributed by atoms with Crippen molar-refractivity contribution in [2.45, 2.75) is 63.8 Å². The van der Waals surface area contributed by atoms with Crippen molar-refractivity contribution in [3.8, 4) is 0 Å². The minimum absolute atomic E-state index is 0.0513. The van der Waals surface area contributed by atoms with Gasteiger partial charge in [-0.3, -0.25) is 4.68 Å². The van der Waals surface area contributed by atoms with Crippen LogP contribution < -0.4 is 4.90 Å². The predicted molar refractivity (Wildman–Crippen MR) is 120 cm³/mol. The third-order valence-corrected chi connectivity index (χ3v) is 7.37. The van der Waals surface area contributed by atoms with Crippen molar-refractivity contribution in [2.75, 3.05) is 24.6 Å². The number of halogens is 3. The number of nitrogens with zero attached hydrogens (tertiary/aromatic N) is 6. The van der Waals surface area contributed by atoms with Crippen molar-refractivity contribution < 1.29 is 17.9 Å². The van der Waals surface area contributed by atoms with Gasteiger partial charge in [-0.25, -0.2) is 15.0 Å². The fraction of sp³-hybridized carbons (Fsp3) is 0.583. The van der Waals surface area contributed by atoms with Gasteiger partial charge in [0.15, 0.2) is 0 Å². The Morgan fingerprint density at radius 2 is 1.82 bits per heavy atom. The fourth-order valence-corrected chi connectivity index (χ4v) is 4.91. The SMILES string of the molecule is Cc1nc2cc(N3CCOC(c4cnn(C5CC5)c4)C3)nc(C3CC(C(F)(F)F)C3)c2nc1C. The molecule has 0 amide bonds. The minimum Gasteiger partial charge on any atom is -0.370 e. The number of hydrogen-bond acceptors (Lipinski definition) is 6. The summed E-state index contributed by atoms with van der Waals surface area (Å²) in [6.45, 7) is 5.55. The highest BCUT2D eigenvalue weighted by Gasteiger charge is 2.49. The van der Waals surface area contributed by atoms with E-state index in [0.717, 1.165) is 22.8 Å². The summed E-state index contributed by atoms with van der Waals surface area (Å²) in [4.78, 5) is 16.4. The monoisotopic (exact) mass is 472 g/mol. The molecule has 6 rings (SSSR count). The van der Waals surface area contributed by atoms with Crippen LogP contribution in [0.2, 0.25) is 0 Å². The smallest absolute Gasteiger partial charge is 0.370 e. The van der Waals surface area contributed by atoms with Crippen molar-refractivity contribution in [1.29, 1.82) is 0 Å². The van der Waals surface area contributed by atoms with Gasteiger partial charge in [-0.2, -0.15) is 18.3 Å². The van der Waals surface area contributed by atoms with Crippen molar-refractivity contribution in [2.24, 2.45) is 5.92 Å². The number of hydrogen-bond donors (Lipinski definition) is 0. The van der Waals surface area contributed by atoms with Gasteiger partial charge in [0.25, 0.3) is 0 Å². The highest BCUT2D eigenvalue weighted by Crippen LogP contribution is 2.50. The molecule has 3 aromatic rings. The summed E-state index contributed by atoms with van der Waals surface area (Å²) in [5, 5.41) is 4.49. The second-order valence-electron chi connectivity index (χ2n) is 9.83. The van der Waals surface area contributed by atoms with Crippen LogP contribution in [0.25, 0.3) is 11.0 Å². The molecule has 1 atom stereocenters. The molecule has 0 radical (unpaired) electrons. The van der Waals surface area contributed by atoms with E-state index in [4.69, 9.17) is 14.7 Å². The molecule has 1 saturated heterocycles. The van der Waals surface area contributed by atoms with Gasteiger partial charge in [-0.05, 0) is 39.5 Å². The molecule has 1 aliphatic heterocycles. The van der Waals surface area contributed by atoms with E-state index in [1.165, 1.54) is 12.8 Å². The molecule has 34 heavy (non-hydrogen) atoms. The first-order valence-corrected chi connectivity index (χ1v) is 11.9. The average Bonchev–Trinajstić information content (AvgIpc) is 3.49. The minimum atomic E-state index is -4.16. The highest BCUT2D eigenvalue weighted by molar-refractivity contribution is 5.80. The molecule has 0 N–H and O–H groups in total. The molecular formula is C24H27F3N6O. The maximum Gasteiger partial charge on any atom is 0.391 e. The number of fused-ring (bicyclic) bond motifs is 1. The van der Waals surface area contributed by atoms with Crippen LogP contribution in [-0.4, -0.2) is 50.6 Å². The maximum absolute atomic E-state index is 13.2. The fourth-order valence-electron chi connectivity index (χ4n) is 4.91. The van der Waals surface area contributed by atoms with Gasteiger partial charge >= 0.3 is 6.18 Å². The molecule has 2 saturated carbocycles. The van der Waals surface area contributed by atoms with Crippen LogP contribution in [0, 0.1) is 19.8 Å². The largest absolute Gasteiger partial charge is 0.391 e. The number of pyridine rings is 1. The summed E-state index contributed by atoms with van der Waals surface area (Å²) in [7, 11) is 0. The Hall–Kier alpha value is -2.75. The molecule has 0 spiro atoms. The molecule has 0 bridgehead atoms. The molecule has 7 nitrogen and oxygen atoms in total. The lowest BCUT2D eigenvalue weighted by atomic mass is 9.72. The zero-order valence-corrected chi connectivity index (χ0v) is 19.2. The molecule has 4 heterocycles. The van der Waals surface area contributed by atoms with Gasteiger partial charge in [-0.15, -0.1) is 0 Å². The van der Waals surface area contributed by atoms with Crippen molar-refractivity contribution in [1.82, 2.24) is 24.7 Å². The Morgan fingerprint density at radius 3 is 2.56 bits per heavy atom. The number of aromatic nitrogens is 5. The summed E-state index contributed by atoms with van der Waals surface area (Å²) >= 11 is 0. The van der Waals surface area contributed by atoms with E-state index in [2.05, 4.69) is 21.2 Å². The van der Waals surface area contributed by atoms with E-state index in [9.17, 15) is 13.2 Å². The number of rotatable bonds is 4. The second kappa shape index (κ2) is 7.90. The third kappa shape index (κ3) is 3.91. The van der Waals surface area contributed by atoms with Gasteiger partial charge in [0, 0.05) is 36.8 Å². The zero-order valence-electron chi connectivity index (χ0n) is 19.2. The highest BCUT2D eigenvalue weighted by atomic mass is 19.4. The molecule has 1 unspecified atom stereocenters. The van der Waals surface area contributed by atoms with Gasteiger partial charge in [0.1, 0.15) is 17.4 Å². The first-order chi connectivity index (χ1) is 16.3. The number of anilines is 1. The Morgan fingerprint density at radius 1 is 1.06 bits per heavy atom. The summed E-state index contributed by atoms with van der Waals surface area (Å²) in [6, 6.07) is 2.42. The van der Waals surface area contributed by atoms with Gasteiger partial charge in [-0.1, -0.05) is 0 Å². The van der Waals surface area contributed by atoms with Crippen LogP contribution >= 0.6 is 0 Å². The maximum atomic E-state index is 13.2. The van der Waals surface area contributed by atoms with Crippen molar-refractivity contribution in [3.05, 3.63) is 41.1 Å². The molecule has 2 aliphatic carbocycles. The predicted octanol–water partition coefficient (Wildman–Crippen LogP) is 4.81.